The van der Waals surface area contributed by atoms with Gasteiger partial charge in [-0.3, -0.25) is 4.79 Å². The second-order valence-electron chi connectivity index (χ2n) is 5.09. The summed E-state index contributed by atoms with van der Waals surface area (Å²) in [5.41, 5.74) is 6.50. The normalized spacial score (nSPS) is 12.0. The number of aliphatic hydroxyl groups is 1. The highest BCUT2D eigenvalue weighted by Crippen LogP contribution is 2.14. The largest absolute Gasteiger partial charge is 0.491 e. The molecule has 0 spiro atoms. The highest BCUT2D eigenvalue weighted by Gasteiger charge is 2.13. The number of nitrogens with two attached hydrogens (primary N) is 1. The Kier molecular flexibility index (Phi) is 11.6. The fourth-order valence-electron chi connectivity index (χ4n) is 1.85. The third kappa shape index (κ3) is 10.0. The highest BCUT2D eigenvalue weighted by molar-refractivity contribution is 5.75. The van der Waals surface area contributed by atoms with Crippen molar-refractivity contribution in [1.82, 2.24) is 0 Å². The van der Waals surface area contributed by atoms with Gasteiger partial charge in [-0.05, 0) is 17.7 Å². The molecule has 0 aromatic heterocycles. The Hall–Kier alpha value is -1.71. The molecule has 0 heterocycles. The number of hydrogen-bond donors (Lipinski definition) is 2. The van der Waals surface area contributed by atoms with Gasteiger partial charge in [-0.15, -0.1) is 0 Å². The zero-order valence-corrected chi connectivity index (χ0v) is 14.5. The Morgan fingerprint density at radius 1 is 1.12 bits per heavy atom. The van der Waals surface area contributed by atoms with Crippen LogP contribution in [0.1, 0.15) is 5.56 Å². The van der Waals surface area contributed by atoms with Gasteiger partial charge >= 0.3 is 5.97 Å². The fourth-order valence-corrected chi connectivity index (χ4v) is 1.85. The highest BCUT2D eigenvalue weighted by atomic mass is 16.5. The minimum absolute atomic E-state index is 0.0117. The summed E-state index contributed by atoms with van der Waals surface area (Å²) >= 11 is 0. The van der Waals surface area contributed by atoms with Crippen LogP contribution in [-0.4, -0.2) is 70.5 Å². The molecule has 0 aliphatic rings. The van der Waals surface area contributed by atoms with Crippen LogP contribution in [0.25, 0.3) is 0 Å². The topological polar surface area (TPSA) is 109 Å². The predicted octanol–water partition coefficient (Wildman–Crippen LogP) is 0.108. The Morgan fingerprint density at radius 3 is 2.56 bits per heavy atom. The van der Waals surface area contributed by atoms with Gasteiger partial charge in [-0.25, -0.2) is 0 Å². The molecule has 8 nitrogen and oxygen atoms in total. The van der Waals surface area contributed by atoms with E-state index in [0.29, 0.717) is 45.4 Å². The average molecular weight is 357 g/mol. The van der Waals surface area contributed by atoms with Crippen LogP contribution in [0.2, 0.25) is 0 Å². The van der Waals surface area contributed by atoms with E-state index in [0.717, 1.165) is 5.56 Å². The molecule has 1 rings (SSSR count). The molecule has 0 unspecified atom stereocenters. The Morgan fingerprint density at radius 2 is 1.84 bits per heavy atom. The van der Waals surface area contributed by atoms with Gasteiger partial charge in [0.25, 0.3) is 0 Å². The standard InChI is InChI=1S/C17H27NO7/c1-21-17(20)16(18)13-24-12-14-3-2-4-15(11-14)25-10-9-23-8-7-22-6-5-19/h2-4,11,16,19H,5-10,12-13,18H2,1H3/t16-/m0/s1. The Balaban J connectivity index is 2.18. The second kappa shape index (κ2) is 13.6. The maximum atomic E-state index is 11.2. The lowest BCUT2D eigenvalue weighted by atomic mass is 10.2. The molecule has 0 aliphatic carbocycles. The van der Waals surface area contributed by atoms with Crippen LogP contribution >= 0.6 is 0 Å². The lowest BCUT2D eigenvalue weighted by Gasteiger charge is -2.11. The van der Waals surface area contributed by atoms with E-state index in [-0.39, 0.29) is 13.2 Å². The van der Waals surface area contributed by atoms with Gasteiger partial charge in [0.05, 0.1) is 53.4 Å². The lowest BCUT2D eigenvalue weighted by molar-refractivity contribution is -0.143. The summed E-state index contributed by atoms with van der Waals surface area (Å²) in [4.78, 5) is 11.2. The van der Waals surface area contributed by atoms with Gasteiger partial charge in [0, 0.05) is 0 Å². The van der Waals surface area contributed by atoms with E-state index < -0.39 is 12.0 Å². The molecule has 1 atom stereocenters. The number of rotatable bonds is 14. The zero-order chi connectivity index (χ0) is 18.3. The summed E-state index contributed by atoms with van der Waals surface area (Å²) in [5.74, 6) is 0.206. The maximum absolute atomic E-state index is 11.2. The summed E-state index contributed by atoms with van der Waals surface area (Å²) in [5, 5.41) is 8.55. The van der Waals surface area contributed by atoms with Crippen molar-refractivity contribution in [3.63, 3.8) is 0 Å². The molecule has 25 heavy (non-hydrogen) atoms. The van der Waals surface area contributed by atoms with Crippen molar-refractivity contribution in [2.75, 3.05) is 53.4 Å². The number of methoxy groups -OCH3 is 1. The van der Waals surface area contributed by atoms with Gasteiger partial charge in [-0.2, -0.15) is 0 Å². The third-order valence-electron chi connectivity index (χ3n) is 3.07. The summed E-state index contributed by atoms with van der Waals surface area (Å²) in [6, 6.07) is 6.66. The zero-order valence-electron chi connectivity index (χ0n) is 14.5. The maximum Gasteiger partial charge on any atom is 0.325 e. The second-order valence-corrected chi connectivity index (χ2v) is 5.09. The minimum Gasteiger partial charge on any atom is -0.491 e. The average Bonchev–Trinajstić information content (AvgIpc) is 2.63. The van der Waals surface area contributed by atoms with Crippen LogP contribution in [0.5, 0.6) is 5.75 Å². The van der Waals surface area contributed by atoms with E-state index in [1.807, 2.05) is 24.3 Å². The van der Waals surface area contributed by atoms with E-state index in [2.05, 4.69) is 4.74 Å². The Bertz CT molecular complexity index is 484. The van der Waals surface area contributed by atoms with E-state index in [9.17, 15) is 4.79 Å². The summed E-state index contributed by atoms with van der Waals surface area (Å²) in [6.07, 6.45) is 0. The molecule has 3 N–H and O–H groups in total. The number of hydrogen-bond acceptors (Lipinski definition) is 8. The molecule has 142 valence electrons. The van der Waals surface area contributed by atoms with Crippen molar-refractivity contribution in [2.45, 2.75) is 12.6 Å². The molecule has 0 aliphatic heterocycles. The van der Waals surface area contributed by atoms with Crippen molar-refractivity contribution < 1.29 is 33.6 Å². The molecule has 1 aromatic carbocycles. The van der Waals surface area contributed by atoms with E-state index in [1.54, 1.807) is 0 Å². The number of esters is 1. The number of carbonyl (C=O) groups excluding carboxylic acids is 1. The van der Waals surface area contributed by atoms with Crippen LogP contribution in [0, 0.1) is 0 Å². The quantitative estimate of drug-likeness (QED) is 0.357. The predicted molar refractivity (Wildman–Crippen MR) is 90.3 cm³/mol. The van der Waals surface area contributed by atoms with Gasteiger partial charge in [-0.1, -0.05) is 12.1 Å². The van der Waals surface area contributed by atoms with Crippen molar-refractivity contribution >= 4 is 5.97 Å². The molecular formula is C17H27NO7. The first kappa shape index (κ1) is 21.3. The van der Waals surface area contributed by atoms with E-state index in [4.69, 9.17) is 29.8 Å². The monoisotopic (exact) mass is 357 g/mol. The van der Waals surface area contributed by atoms with Crippen molar-refractivity contribution in [1.29, 1.82) is 0 Å². The molecule has 0 amide bonds. The summed E-state index contributed by atoms with van der Waals surface area (Å²) in [6.45, 7) is 2.50. The summed E-state index contributed by atoms with van der Waals surface area (Å²) in [7, 11) is 1.29. The van der Waals surface area contributed by atoms with E-state index in [1.165, 1.54) is 7.11 Å². The molecule has 0 radical (unpaired) electrons. The van der Waals surface area contributed by atoms with Crippen LogP contribution in [-0.2, 0) is 30.3 Å². The van der Waals surface area contributed by atoms with Crippen LogP contribution < -0.4 is 10.5 Å². The van der Waals surface area contributed by atoms with Gasteiger partial charge in [0.1, 0.15) is 18.4 Å². The van der Waals surface area contributed by atoms with Crippen LogP contribution in [0.3, 0.4) is 0 Å². The number of ether oxygens (including phenoxy) is 5. The van der Waals surface area contributed by atoms with E-state index >= 15 is 0 Å². The fraction of sp³-hybridized carbons (Fsp3) is 0.588. The smallest absolute Gasteiger partial charge is 0.325 e. The third-order valence-corrected chi connectivity index (χ3v) is 3.07. The van der Waals surface area contributed by atoms with Gasteiger partial charge in [0.2, 0.25) is 0 Å². The van der Waals surface area contributed by atoms with Crippen LogP contribution in [0.4, 0.5) is 0 Å². The molecule has 0 saturated carbocycles. The molecule has 0 bridgehead atoms. The first-order chi connectivity index (χ1) is 12.2. The first-order valence-corrected chi connectivity index (χ1v) is 8.06. The lowest BCUT2D eigenvalue weighted by Crippen LogP contribution is -2.36. The number of benzene rings is 1. The van der Waals surface area contributed by atoms with Crippen LogP contribution in [0.15, 0.2) is 24.3 Å². The molecule has 1 aromatic rings. The van der Waals surface area contributed by atoms with Crippen molar-refractivity contribution in [3.05, 3.63) is 29.8 Å². The number of aliphatic hydroxyl groups excluding tert-OH is 1. The molecule has 0 saturated heterocycles. The summed E-state index contributed by atoms with van der Waals surface area (Å²) < 4.78 is 26.0. The Labute approximate surface area is 147 Å². The molecular weight excluding hydrogens is 330 g/mol. The van der Waals surface area contributed by atoms with Crippen molar-refractivity contribution in [3.8, 4) is 5.75 Å². The van der Waals surface area contributed by atoms with Gasteiger partial charge < -0.3 is 34.5 Å². The first-order valence-electron chi connectivity index (χ1n) is 8.06. The number of carbonyl (C=O) groups is 1. The van der Waals surface area contributed by atoms with Crippen molar-refractivity contribution in [2.24, 2.45) is 5.73 Å². The molecule has 8 heteroatoms. The van der Waals surface area contributed by atoms with Gasteiger partial charge in [0.15, 0.2) is 0 Å². The minimum atomic E-state index is -0.789. The SMILES string of the molecule is COC(=O)[C@@H](N)COCc1cccc(OCCOCCOCCO)c1. The molecule has 0 fully saturated rings.